The quantitative estimate of drug-likeness (QED) is 0.480. The summed E-state index contributed by atoms with van der Waals surface area (Å²) < 4.78 is 17.0. The molecule has 11 heteroatoms. The number of amides is 1. The molecule has 2 aromatic heterocycles. The van der Waals surface area contributed by atoms with Crippen LogP contribution in [0.4, 0.5) is 22.1 Å². The van der Waals surface area contributed by atoms with Gasteiger partial charge in [0.2, 0.25) is 5.75 Å². The molecular formula is C24H36N6O4S. The van der Waals surface area contributed by atoms with E-state index < -0.39 is 0 Å². The predicted molar refractivity (Wildman–Crippen MR) is 139 cm³/mol. The molecule has 0 aliphatic carbocycles. The van der Waals surface area contributed by atoms with Crippen LogP contribution in [-0.2, 0) is 4.74 Å². The number of nitrogens with one attached hydrogen (secondary N) is 2. The van der Waals surface area contributed by atoms with Gasteiger partial charge in [0.1, 0.15) is 18.2 Å². The summed E-state index contributed by atoms with van der Waals surface area (Å²) >= 11 is 1.81. The summed E-state index contributed by atoms with van der Waals surface area (Å²) in [6.07, 6.45) is 4.38. The van der Waals surface area contributed by atoms with Crippen LogP contribution in [-0.4, -0.2) is 76.4 Å². The van der Waals surface area contributed by atoms with E-state index in [0.717, 1.165) is 23.7 Å². The number of likely N-dealkylation sites (tertiary alicyclic amines) is 1. The highest BCUT2D eigenvalue weighted by Crippen LogP contribution is 2.35. The summed E-state index contributed by atoms with van der Waals surface area (Å²) in [7, 11) is 1.56. The van der Waals surface area contributed by atoms with Crippen LogP contribution < -0.4 is 20.1 Å². The van der Waals surface area contributed by atoms with Gasteiger partial charge in [-0.1, -0.05) is 6.92 Å². The normalized spacial score (nSPS) is 15.0. The highest BCUT2D eigenvalue weighted by atomic mass is 32.2. The number of hydrogen-bond acceptors (Lipinski definition) is 10. The molecule has 1 aliphatic heterocycles. The second-order valence-electron chi connectivity index (χ2n) is 8.68. The third-order valence-corrected chi connectivity index (χ3v) is 6.57. The first-order valence-electron chi connectivity index (χ1n) is 11.8. The Bertz CT molecular complexity index is 984. The summed E-state index contributed by atoms with van der Waals surface area (Å²) in [5.41, 5.74) is 1.64. The lowest BCUT2D eigenvalue weighted by molar-refractivity contribution is 0.0500. The number of aryl methyl sites for hydroxylation is 1. The summed E-state index contributed by atoms with van der Waals surface area (Å²) in [5.74, 6) is 2.11. The van der Waals surface area contributed by atoms with Gasteiger partial charge in [-0.05, 0) is 39.2 Å². The Labute approximate surface area is 211 Å². The number of carbonyl (C=O) groups excluding carboxylic acids is 1. The minimum atomic E-state index is -0.284. The van der Waals surface area contributed by atoms with Gasteiger partial charge in [-0.3, -0.25) is 0 Å². The van der Waals surface area contributed by atoms with Gasteiger partial charge in [0, 0.05) is 37.7 Å². The number of methoxy groups -OCH3 is 1. The number of hydrogen-bond donors (Lipinski definition) is 2. The number of carbonyl (C=O) groups is 1. The minimum absolute atomic E-state index is 0.0906. The van der Waals surface area contributed by atoms with Crippen molar-refractivity contribution in [1.82, 2.24) is 19.9 Å². The Balaban J connectivity index is 1.64. The average Bonchev–Trinajstić information content (AvgIpc) is 2.84. The van der Waals surface area contributed by atoms with Crippen LogP contribution in [0.5, 0.6) is 11.6 Å². The largest absolute Gasteiger partial charge is 0.489 e. The molecule has 1 atom stereocenters. The van der Waals surface area contributed by atoms with Crippen molar-refractivity contribution in [3.8, 4) is 11.6 Å². The van der Waals surface area contributed by atoms with Gasteiger partial charge in [-0.25, -0.2) is 14.8 Å². The minimum Gasteiger partial charge on any atom is -0.489 e. The van der Waals surface area contributed by atoms with E-state index in [-0.39, 0.29) is 18.3 Å². The van der Waals surface area contributed by atoms with E-state index in [1.807, 2.05) is 44.7 Å². The molecule has 2 aromatic rings. The predicted octanol–water partition coefficient (Wildman–Crippen LogP) is 4.48. The maximum Gasteiger partial charge on any atom is 0.410 e. The molecule has 0 spiro atoms. The van der Waals surface area contributed by atoms with Crippen molar-refractivity contribution in [2.45, 2.75) is 58.0 Å². The summed E-state index contributed by atoms with van der Waals surface area (Å²) in [5, 5.41) is 7.15. The zero-order chi connectivity index (χ0) is 25.4. The molecule has 192 valence electrons. The standard InChI is InChI=1S/C24H36N6O4S/c1-15(2)33-24(31)30-11-9-18(10-12-30)34-23-21(32-5)22(26-14-27-23)29-19-7-8-20(28-17(19)4)25-13-16(3)35-6/h7-8,14-16,18H,9-13H2,1-6H3,(H,25,28)(H,26,27,29)/t16-/m1/s1. The van der Waals surface area contributed by atoms with Crippen molar-refractivity contribution in [2.24, 2.45) is 0 Å². The molecule has 1 saturated heterocycles. The van der Waals surface area contributed by atoms with Crippen molar-refractivity contribution in [2.75, 3.05) is 43.6 Å². The Morgan fingerprint density at radius 1 is 1.23 bits per heavy atom. The molecule has 3 heterocycles. The van der Waals surface area contributed by atoms with Crippen LogP contribution in [0.15, 0.2) is 18.5 Å². The number of ether oxygens (including phenoxy) is 3. The fourth-order valence-corrected chi connectivity index (χ4v) is 3.81. The number of anilines is 3. The molecule has 1 aliphatic rings. The van der Waals surface area contributed by atoms with Gasteiger partial charge < -0.3 is 29.7 Å². The van der Waals surface area contributed by atoms with Gasteiger partial charge >= 0.3 is 6.09 Å². The fraction of sp³-hybridized carbons (Fsp3) is 0.583. The average molecular weight is 505 g/mol. The molecule has 3 rings (SSSR count). The smallest absolute Gasteiger partial charge is 0.410 e. The van der Waals surface area contributed by atoms with Gasteiger partial charge in [0.25, 0.3) is 5.88 Å². The van der Waals surface area contributed by atoms with Crippen LogP contribution in [0, 0.1) is 6.92 Å². The Kier molecular flexibility index (Phi) is 9.64. The number of nitrogens with zero attached hydrogens (tertiary/aromatic N) is 4. The molecule has 0 aromatic carbocycles. The van der Waals surface area contributed by atoms with Gasteiger partial charge in [0.05, 0.1) is 24.6 Å². The van der Waals surface area contributed by atoms with Crippen LogP contribution in [0.2, 0.25) is 0 Å². The molecule has 0 radical (unpaired) electrons. The number of aromatic nitrogens is 3. The fourth-order valence-electron chi connectivity index (χ4n) is 3.56. The van der Waals surface area contributed by atoms with Crippen molar-refractivity contribution >= 4 is 35.2 Å². The van der Waals surface area contributed by atoms with E-state index in [2.05, 4.69) is 38.8 Å². The molecular weight excluding hydrogens is 468 g/mol. The molecule has 0 bridgehead atoms. The first kappa shape index (κ1) is 26.7. The van der Waals surface area contributed by atoms with Crippen molar-refractivity contribution in [3.63, 3.8) is 0 Å². The van der Waals surface area contributed by atoms with Gasteiger partial charge in [-0.15, -0.1) is 0 Å². The SMILES string of the molecule is COc1c(Nc2ccc(NC[C@@H](C)SC)nc2C)ncnc1OC1CCN(C(=O)OC(C)C)CC1. The first-order chi connectivity index (χ1) is 16.8. The second kappa shape index (κ2) is 12.7. The maximum atomic E-state index is 12.1. The first-order valence-corrected chi connectivity index (χ1v) is 13.1. The molecule has 35 heavy (non-hydrogen) atoms. The maximum absolute atomic E-state index is 12.1. The van der Waals surface area contributed by atoms with E-state index in [0.29, 0.717) is 48.6 Å². The third kappa shape index (κ3) is 7.51. The Morgan fingerprint density at radius 3 is 2.60 bits per heavy atom. The van der Waals surface area contributed by atoms with Gasteiger partial charge in [0.15, 0.2) is 5.82 Å². The highest BCUT2D eigenvalue weighted by molar-refractivity contribution is 7.99. The van der Waals surface area contributed by atoms with E-state index in [1.165, 1.54) is 6.33 Å². The zero-order valence-corrected chi connectivity index (χ0v) is 22.1. The lowest BCUT2D eigenvalue weighted by Gasteiger charge is -2.31. The molecule has 0 saturated carbocycles. The van der Waals surface area contributed by atoms with Crippen molar-refractivity contribution in [1.29, 1.82) is 0 Å². The molecule has 10 nitrogen and oxygen atoms in total. The Morgan fingerprint density at radius 2 is 1.97 bits per heavy atom. The third-order valence-electron chi connectivity index (χ3n) is 5.60. The highest BCUT2D eigenvalue weighted by Gasteiger charge is 2.27. The zero-order valence-electron chi connectivity index (χ0n) is 21.3. The molecule has 1 fully saturated rings. The molecule has 2 N–H and O–H groups in total. The molecule has 0 unspecified atom stereocenters. The van der Waals surface area contributed by atoms with Crippen LogP contribution in [0.1, 0.15) is 39.3 Å². The monoisotopic (exact) mass is 504 g/mol. The topological polar surface area (TPSA) is 111 Å². The summed E-state index contributed by atoms with van der Waals surface area (Å²) in [6, 6.07) is 3.90. The molecule has 1 amide bonds. The van der Waals surface area contributed by atoms with E-state index in [4.69, 9.17) is 14.2 Å². The number of pyridine rings is 1. The number of rotatable bonds is 10. The van der Waals surface area contributed by atoms with Crippen LogP contribution in [0.25, 0.3) is 0 Å². The van der Waals surface area contributed by atoms with Crippen molar-refractivity contribution < 1.29 is 19.0 Å². The number of piperidine rings is 1. The van der Waals surface area contributed by atoms with Crippen LogP contribution >= 0.6 is 11.8 Å². The number of thioether (sulfide) groups is 1. The van der Waals surface area contributed by atoms with Gasteiger partial charge in [-0.2, -0.15) is 16.7 Å². The van der Waals surface area contributed by atoms with E-state index in [9.17, 15) is 4.79 Å². The van der Waals surface area contributed by atoms with E-state index >= 15 is 0 Å². The van der Waals surface area contributed by atoms with Crippen LogP contribution in [0.3, 0.4) is 0 Å². The Hall–Kier alpha value is -2.95. The van der Waals surface area contributed by atoms with Crippen molar-refractivity contribution in [3.05, 3.63) is 24.2 Å². The summed E-state index contributed by atoms with van der Waals surface area (Å²) in [4.78, 5) is 27.1. The second-order valence-corrected chi connectivity index (χ2v) is 9.96. The lowest BCUT2D eigenvalue weighted by atomic mass is 10.1. The van der Waals surface area contributed by atoms with E-state index in [1.54, 1.807) is 12.0 Å². The lowest BCUT2D eigenvalue weighted by Crippen LogP contribution is -2.42. The summed E-state index contributed by atoms with van der Waals surface area (Å²) in [6.45, 7) is 9.78.